The molecule has 7 heteroatoms. The van der Waals surface area contributed by atoms with Crippen LogP contribution in [0.4, 0.5) is 21.9 Å². The average Bonchev–Trinajstić information content (AvgIpc) is 3.17. The van der Waals surface area contributed by atoms with Gasteiger partial charge in [0, 0.05) is 31.5 Å². The van der Waals surface area contributed by atoms with Gasteiger partial charge in [0.15, 0.2) is 5.79 Å². The molecule has 0 atom stereocenters. The van der Waals surface area contributed by atoms with E-state index in [4.69, 9.17) is 20.3 Å². The molecule has 2 fully saturated rings. The minimum Gasteiger partial charge on any atom is -0.465 e. The number of anilines is 3. The van der Waals surface area contributed by atoms with Crippen molar-refractivity contribution in [2.45, 2.75) is 18.6 Å². The number of carboxylic acid groups (broad SMARTS) is 1. The molecule has 2 aliphatic rings. The third kappa shape index (κ3) is 4.29. The van der Waals surface area contributed by atoms with E-state index in [9.17, 15) is 4.79 Å². The van der Waals surface area contributed by atoms with Gasteiger partial charge in [0.1, 0.15) is 0 Å². The molecule has 0 aromatic heterocycles. The van der Waals surface area contributed by atoms with Gasteiger partial charge < -0.3 is 25.2 Å². The molecule has 0 radical (unpaired) electrons. The van der Waals surface area contributed by atoms with Crippen molar-refractivity contribution < 1.29 is 19.4 Å². The lowest BCUT2D eigenvalue weighted by molar-refractivity contribution is -0.169. The molecule has 1 amide bonds. The zero-order valence-corrected chi connectivity index (χ0v) is 16.0. The molecule has 0 saturated carbocycles. The van der Waals surface area contributed by atoms with Gasteiger partial charge in [-0.05, 0) is 24.3 Å². The van der Waals surface area contributed by atoms with Gasteiger partial charge in [0.25, 0.3) is 0 Å². The predicted octanol–water partition coefficient (Wildman–Crippen LogP) is 3.10. The Hall–Kier alpha value is -3.21. The smallest absolute Gasteiger partial charge is 0.409 e. The van der Waals surface area contributed by atoms with Crippen LogP contribution in [0.25, 0.3) is 0 Å². The Bertz CT molecular complexity index is 949. The molecule has 7 nitrogen and oxygen atoms in total. The number of hydrogen-bond acceptors (Lipinski definition) is 5. The van der Waals surface area contributed by atoms with E-state index in [2.05, 4.69) is 22.1 Å². The fourth-order valence-electron chi connectivity index (χ4n) is 3.73. The molecule has 2 aromatic carbocycles. The number of amides is 1. The van der Waals surface area contributed by atoms with Crippen LogP contribution in [-0.4, -0.2) is 43.3 Å². The fourth-order valence-corrected chi connectivity index (χ4v) is 3.73. The summed E-state index contributed by atoms with van der Waals surface area (Å²) in [4.78, 5) is 13.3. The number of hydrogen-bond donors (Lipinski definition) is 3. The molecule has 4 N–H and O–H groups in total. The third-order valence-corrected chi connectivity index (χ3v) is 5.20. The monoisotopic (exact) mass is 393 g/mol. The topological polar surface area (TPSA) is 97.0 Å². The number of nitrogens with two attached hydrogens (primary N) is 1. The highest BCUT2D eigenvalue weighted by molar-refractivity contribution is 5.90. The summed E-state index contributed by atoms with van der Waals surface area (Å²) in [5.74, 6) is 5.87. The highest BCUT2D eigenvalue weighted by atomic mass is 16.7. The van der Waals surface area contributed by atoms with E-state index >= 15 is 0 Å². The maximum atomic E-state index is 11.1. The first-order valence-electron chi connectivity index (χ1n) is 9.58. The van der Waals surface area contributed by atoms with Gasteiger partial charge in [-0.15, -0.1) is 0 Å². The van der Waals surface area contributed by atoms with Crippen molar-refractivity contribution in [1.82, 2.24) is 0 Å². The summed E-state index contributed by atoms with van der Waals surface area (Å²) in [6.45, 7) is 2.69. The number of nitrogen functional groups attached to an aromatic ring is 1. The molecule has 2 heterocycles. The minimum atomic E-state index is -1.16. The number of benzene rings is 2. The molecule has 0 aliphatic carbocycles. The van der Waals surface area contributed by atoms with Crippen molar-refractivity contribution in [2.75, 3.05) is 42.3 Å². The average molecular weight is 393 g/mol. The molecule has 2 aliphatic heterocycles. The Kier molecular flexibility index (Phi) is 5.30. The molecule has 150 valence electrons. The second-order valence-electron chi connectivity index (χ2n) is 7.10. The lowest BCUT2D eigenvalue weighted by Crippen LogP contribution is -2.45. The first-order chi connectivity index (χ1) is 14.0. The van der Waals surface area contributed by atoms with E-state index in [1.807, 2.05) is 30.3 Å². The van der Waals surface area contributed by atoms with Gasteiger partial charge in [-0.2, -0.15) is 0 Å². The molecule has 2 aromatic rings. The first kappa shape index (κ1) is 19.1. The number of nitrogens with one attached hydrogen (secondary N) is 1. The van der Waals surface area contributed by atoms with E-state index in [1.54, 1.807) is 12.1 Å². The summed E-state index contributed by atoms with van der Waals surface area (Å²) in [6, 6.07) is 13.2. The summed E-state index contributed by atoms with van der Waals surface area (Å²) in [7, 11) is 0. The highest BCUT2D eigenvalue weighted by Crippen LogP contribution is 2.36. The van der Waals surface area contributed by atoms with Crippen molar-refractivity contribution >= 4 is 23.2 Å². The molecule has 29 heavy (non-hydrogen) atoms. The van der Waals surface area contributed by atoms with Crippen LogP contribution in [0, 0.1) is 11.8 Å². The van der Waals surface area contributed by atoms with Gasteiger partial charge in [-0.1, -0.05) is 30.0 Å². The summed E-state index contributed by atoms with van der Waals surface area (Å²) in [6.07, 6.45) is 0.325. The SMILES string of the molecule is Nc1cc(C#Cc2ccccc2)c(N2CCC3(CC2)OCCO3)cc1NC(=O)O. The van der Waals surface area contributed by atoms with Crippen LogP contribution in [0.3, 0.4) is 0 Å². The molecule has 1 spiro atoms. The van der Waals surface area contributed by atoms with Crippen LogP contribution in [0.1, 0.15) is 24.0 Å². The van der Waals surface area contributed by atoms with Crippen molar-refractivity contribution in [3.63, 3.8) is 0 Å². The zero-order valence-electron chi connectivity index (χ0n) is 16.0. The summed E-state index contributed by atoms with van der Waals surface area (Å²) >= 11 is 0. The van der Waals surface area contributed by atoms with Crippen molar-refractivity contribution in [3.8, 4) is 11.8 Å². The van der Waals surface area contributed by atoms with Crippen LogP contribution in [0.5, 0.6) is 0 Å². The zero-order chi connectivity index (χ0) is 20.3. The van der Waals surface area contributed by atoms with Crippen molar-refractivity contribution in [1.29, 1.82) is 0 Å². The molecule has 0 bridgehead atoms. The van der Waals surface area contributed by atoms with Gasteiger partial charge in [-0.3, -0.25) is 5.32 Å². The number of piperidine rings is 1. The highest BCUT2D eigenvalue weighted by Gasteiger charge is 2.40. The predicted molar refractivity (Wildman–Crippen MR) is 111 cm³/mol. The lowest BCUT2D eigenvalue weighted by atomic mass is 10.0. The quantitative estimate of drug-likeness (QED) is 0.536. The number of ether oxygens (including phenoxy) is 2. The standard InChI is InChI=1S/C22H23N3O4/c23-18-14-17(7-6-16-4-2-1-3-5-16)20(15-19(18)24-21(26)27)25-10-8-22(9-11-25)28-12-13-29-22/h1-5,14-15,24H,8-13,23H2,(H,26,27). The largest absolute Gasteiger partial charge is 0.465 e. The Morgan fingerprint density at radius 1 is 1.10 bits per heavy atom. The Morgan fingerprint density at radius 2 is 1.79 bits per heavy atom. The lowest BCUT2D eigenvalue weighted by Gasteiger charge is -2.39. The van der Waals surface area contributed by atoms with Crippen LogP contribution >= 0.6 is 0 Å². The first-order valence-corrected chi connectivity index (χ1v) is 9.58. The Balaban J connectivity index is 1.66. The minimum absolute atomic E-state index is 0.337. The number of rotatable bonds is 2. The van der Waals surface area contributed by atoms with Crippen LogP contribution in [0.15, 0.2) is 42.5 Å². The summed E-state index contributed by atoms with van der Waals surface area (Å²) in [5, 5.41) is 11.5. The van der Waals surface area contributed by atoms with Gasteiger partial charge in [0.2, 0.25) is 0 Å². The van der Waals surface area contributed by atoms with Gasteiger partial charge in [-0.25, -0.2) is 4.79 Å². The van der Waals surface area contributed by atoms with Crippen molar-refractivity contribution in [2.24, 2.45) is 0 Å². The molecular formula is C22H23N3O4. The van der Waals surface area contributed by atoms with Crippen molar-refractivity contribution in [3.05, 3.63) is 53.6 Å². The number of nitrogens with zero attached hydrogens (tertiary/aromatic N) is 1. The number of carbonyl (C=O) groups is 1. The second kappa shape index (κ2) is 8.03. The molecular weight excluding hydrogens is 370 g/mol. The molecule has 0 unspecified atom stereocenters. The summed E-state index contributed by atoms with van der Waals surface area (Å²) < 4.78 is 11.6. The van der Waals surface area contributed by atoms with E-state index in [0.29, 0.717) is 24.6 Å². The summed E-state index contributed by atoms with van der Waals surface area (Å²) in [5.41, 5.74) is 9.27. The van der Waals surface area contributed by atoms with Gasteiger partial charge >= 0.3 is 6.09 Å². The van der Waals surface area contributed by atoms with E-state index in [-0.39, 0.29) is 0 Å². The second-order valence-corrected chi connectivity index (χ2v) is 7.10. The van der Waals surface area contributed by atoms with E-state index in [0.717, 1.165) is 42.7 Å². The normalized spacial score (nSPS) is 17.6. The molecule has 4 rings (SSSR count). The maximum Gasteiger partial charge on any atom is 0.409 e. The fraction of sp³-hybridized carbons (Fsp3) is 0.318. The van der Waals surface area contributed by atoms with Crippen LogP contribution in [0.2, 0.25) is 0 Å². The third-order valence-electron chi connectivity index (χ3n) is 5.20. The van der Waals surface area contributed by atoms with E-state index < -0.39 is 11.9 Å². The van der Waals surface area contributed by atoms with Crippen LogP contribution < -0.4 is 16.0 Å². The van der Waals surface area contributed by atoms with Gasteiger partial charge in [0.05, 0.1) is 35.8 Å². The van der Waals surface area contributed by atoms with E-state index in [1.165, 1.54) is 0 Å². The maximum absolute atomic E-state index is 11.1. The van der Waals surface area contributed by atoms with Crippen LogP contribution in [-0.2, 0) is 9.47 Å². The Morgan fingerprint density at radius 3 is 2.45 bits per heavy atom. The Labute approximate surface area is 169 Å². The molecule has 2 saturated heterocycles.